The number of nitrogens with zero attached hydrogens (tertiary/aromatic N) is 3. The van der Waals surface area contributed by atoms with Crippen LogP contribution in [0.1, 0.15) is 37.3 Å². The number of rotatable bonds is 5. The SMILES string of the molecule is CCC[C@H](c1ccccn1)N(C)C(=O)Nc1cc(C)on1. The van der Waals surface area contributed by atoms with Crippen molar-refractivity contribution in [1.82, 2.24) is 15.0 Å². The third-order valence-corrected chi connectivity index (χ3v) is 3.24. The number of anilines is 1. The predicted octanol–water partition coefficient (Wildman–Crippen LogP) is 3.38. The molecular weight excluding hydrogens is 268 g/mol. The summed E-state index contributed by atoms with van der Waals surface area (Å²) in [6.07, 6.45) is 3.55. The van der Waals surface area contributed by atoms with Crippen LogP contribution in [0, 0.1) is 6.92 Å². The van der Waals surface area contributed by atoms with E-state index in [0.717, 1.165) is 18.5 Å². The van der Waals surface area contributed by atoms with Gasteiger partial charge in [-0.3, -0.25) is 10.3 Å². The molecule has 21 heavy (non-hydrogen) atoms. The second-order valence-corrected chi connectivity index (χ2v) is 4.92. The number of amides is 2. The van der Waals surface area contributed by atoms with Crippen LogP contribution in [0.5, 0.6) is 0 Å². The Morgan fingerprint density at radius 2 is 2.29 bits per heavy atom. The average Bonchev–Trinajstić information content (AvgIpc) is 2.90. The van der Waals surface area contributed by atoms with Gasteiger partial charge in [-0.1, -0.05) is 24.6 Å². The number of nitrogens with one attached hydrogen (secondary N) is 1. The zero-order valence-corrected chi connectivity index (χ0v) is 12.5. The Bertz CT molecular complexity index is 582. The number of aryl methyl sites for hydroxylation is 1. The average molecular weight is 288 g/mol. The first-order chi connectivity index (χ1) is 10.1. The Morgan fingerprint density at radius 1 is 1.48 bits per heavy atom. The lowest BCUT2D eigenvalue weighted by Crippen LogP contribution is -2.35. The highest BCUT2D eigenvalue weighted by Crippen LogP contribution is 2.23. The standard InChI is InChI=1S/C15H20N4O2/c1-4-7-13(12-8-5-6-9-16-12)19(3)15(20)17-14-10-11(2)21-18-14/h5-6,8-10,13H,4,7H2,1-3H3,(H,17,18,20)/t13-/m1/s1. The molecule has 0 saturated carbocycles. The van der Waals surface area contributed by atoms with Gasteiger partial charge in [0, 0.05) is 19.3 Å². The molecule has 112 valence electrons. The molecule has 2 aromatic rings. The van der Waals surface area contributed by atoms with E-state index in [-0.39, 0.29) is 12.1 Å². The quantitative estimate of drug-likeness (QED) is 0.915. The molecule has 0 aromatic carbocycles. The summed E-state index contributed by atoms with van der Waals surface area (Å²) in [6, 6.07) is 7.12. The van der Waals surface area contributed by atoms with Gasteiger partial charge in [-0.25, -0.2) is 4.79 Å². The number of hydrogen-bond donors (Lipinski definition) is 1. The first-order valence-electron chi connectivity index (χ1n) is 7.00. The smallest absolute Gasteiger partial charge is 0.323 e. The molecule has 2 heterocycles. The van der Waals surface area contributed by atoms with Crippen molar-refractivity contribution in [1.29, 1.82) is 0 Å². The largest absolute Gasteiger partial charge is 0.360 e. The van der Waals surface area contributed by atoms with E-state index in [9.17, 15) is 4.79 Å². The zero-order chi connectivity index (χ0) is 15.2. The summed E-state index contributed by atoms with van der Waals surface area (Å²) >= 11 is 0. The van der Waals surface area contributed by atoms with Crippen LogP contribution >= 0.6 is 0 Å². The van der Waals surface area contributed by atoms with Gasteiger partial charge in [-0.05, 0) is 25.5 Å². The van der Waals surface area contributed by atoms with Crippen molar-refractivity contribution in [2.24, 2.45) is 0 Å². The molecular formula is C15H20N4O2. The highest BCUT2D eigenvalue weighted by molar-refractivity contribution is 5.88. The maximum Gasteiger partial charge on any atom is 0.323 e. The first kappa shape index (κ1) is 15.0. The molecule has 6 nitrogen and oxygen atoms in total. The van der Waals surface area contributed by atoms with Gasteiger partial charge in [0.1, 0.15) is 5.76 Å². The second-order valence-electron chi connectivity index (χ2n) is 4.92. The Kier molecular flexibility index (Phi) is 4.92. The third kappa shape index (κ3) is 3.81. The molecule has 0 radical (unpaired) electrons. The summed E-state index contributed by atoms with van der Waals surface area (Å²) < 4.78 is 4.94. The van der Waals surface area contributed by atoms with Gasteiger partial charge >= 0.3 is 6.03 Å². The van der Waals surface area contributed by atoms with Crippen molar-refractivity contribution in [3.8, 4) is 0 Å². The summed E-state index contributed by atoms with van der Waals surface area (Å²) in [4.78, 5) is 18.3. The Labute approximate surface area is 124 Å². The van der Waals surface area contributed by atoms with E-state index < -0.39 is 0 Å². The lowest BCUT2D eigenvalue weighted by molar-refractivity contribution is 0.199. The highest BCUT2D eigenvalue weighted by Gasteiger charge is 2.22. The van der Waals surface area contributed by atoms with Gasteiger partial charge in [0.2, 0.25) is 0 Å². The molecule has 6 heteroatoms. The van der Waals surface area contributed by atoms with Crippen molar-refractivity contribution in [3.63, 3.8) is 0 Å². The fraction of sp³-hybridized carbons (Fsp3) is 0.400. The minimum atomic E-state index is -0.229. The molecule has 0 unspecified atom stereocenters. The van der Waals surface area contributed by atoms with Gasteiger partial charge in [0.25, 0.3) is 0 Å². The van der Waals surface area contributed by atoms with E-state index in [1.165, 1.54) is 0 Å². The van der Waals surface area contributed by atoms with Crippen molar-refractivity contribution >= 4 is 11.8 Å². The Balaban J connectivity index is 2.10. The second kappa shape index (κ2) is 6.88. The summed E-state index contributed by atoms with van der Waals surface area (Å²) in [5.74, 6) is 1.07. The Hall–Kier alpha value is -2.37. The summed E-state index contributed by atoms with van der Waals surface area (Å²) in [5.41, 5.74) is 0.883. The zero-order valence-electron chi connectivity index (χ0n) is 12.5. The molecule has 2 rings (SSSR count). The lowest BCUT2D eigenvalue weighted by atomic mass is 10.1. The number of aromatic nitrogens is 2. The maximum absolute atomic E-state index is 12.3. The maximum atomic E-state index is 12.3. The molecule has 0 aliphatic carbocycles. The van der Waals surface area contributed by atoms with E-state index >= 15 is 0 Å². The normalized spacial score (nSPS) is 12.0. The van der Waals surface area contributed by atoms with Gasteiger partial charge in [0.15, 0.2) is 5.82 Å². The van der Waals surface area contributed by atoms with Crippen LogP contribution in [0.4, 0.5) is 10.6 Å². The monoisotopic (exact) mass is 288 g/mol. The van der Waals surface area contributed by atoms with Gasteiger partial charge in [0.05, 0.1) is 11.7 Å². The van der Waals surface area contributed by atoms with E-state index in [1.807, 2.05) is 18.2 Å². The topological polar surface area (TPSA) is 71.3 Å². The number of urea groups is 1. The van der Waals surface area contributed by atoms with Crippen LogP contribution in [-0.2, 0) is 0 Å². The van der Waals surface area contributed by atoms with Crippen LogP contribution in [0.15, 0.2) is 35.0 Å². The van der Waals surface area contributed by atoms with E-state index in [0.29, 0.717) is 11.6 Å². The third-order valence-electron chi connectivity index (χ3n) is 3.24. The summed E-state index contributed by atoms with van der Waals surface area (Å²) in [5, 5.41) is 6.49. The predicted molar refractivity (Wildman–Crippen MR) is 79.9 cm³/mol. The van der Waals surface area contributed by atoms with E-state index in [4.69, 9.17) is 4.52 Å². The van der Waals surface area contributed by atoms with Crippen LogP contribution in [0.25, 0.3) is 0 Å². The molecule has 0 aliphatic rings. The molecule has 0 saturated heterocycles. The number of carbonyl (C=O) groups excluding carboxylic acids is 1. The van der Waals surface area contributed by atoms with Crippen molar-refractivity contribution in [3.05, 3.63) is 41.9 Å². The molecule has 0 fully saturated rings. The highest BCUT2D eigenvalue weighted by atomic mass is 16.5. The molecule has 0 bridgehead atoms. The number of hydrogen-bond acceptors (Lipinski definition) is 4. The van der Waals surface area contributed by atoms with Crippen molar-refractivity contribution in [2.45, 2.75) is 32.7 Å². The number of carbonyl (C=O) groups is 1. The minimum Gasteiger partial charge on any atom is -0.360 e. The molecule has 1 N–H and O–H groups in total. The van der Waals surface area contributed by atoms with Gasteiger partial charge < -0.3 is 9.42 Å². The first-order valence-corrected chi connectivity index (χ1v) is 7.00. The van der Waals surface area contributed by atoms with Crippen LogP contribution in [0.3, 0.4) is 0 Å². The van der Waals surface area contributed by atoms with E-state index in [2.05, 4.69) is 22.4 Å². The van der Waals surface area contributed by atoms with Crippen molar-refractivity contribution in [2.75, 3.05) is 12.4 Å². The van der Waals surface area contributed by atoms with Gasteiger partial charge in [-0.15, -0.1) is 0 Å². The molecule has 2 aromatic heterocycles. The molecule has 2 amide bonds. The molecule has 0 spiro atoms. The van der Waals surface area contributed by atoms with Crippen LogP contribution in [0.2, 0.25) is 0 Å². The molecule has 0 aliphatic heterocycles. The summed E-state index contributed by atoms with van der Waals surface area (Å²) in [7, 11) is 1.76. The Morgan fingerprint density at radius 3 is 2.86 bits per heavy atom. The van der Waals surface area contributed by atoms with E-state index in [1.54, 1.807) is 31.1 Å². The minimum absolute atomic E-state index is 0.0656. The lowest BCUT2D eigenvalue weighted by Gasteiger charge is -2.27. The fourth-order valence-electron chi connectivity index (χ4n) is 2.15. The molecule has 1 atom stereocenters. The van der Waals surface area contributed by atoms with Crippen LogP contribution < -0.4 is 5.32 Å². The van der Waals surface area contributed by atoms with Gasteiger partial charge in [-0.2, -0.15) is 0 Å². The fourth-order valence-corrected chi connectivity index (χ4v) is 2.15. The number of pyridine rings is 1. The van der Waals surface area contributed by atoms with Crippen molar-refractivity contribution < 1.29 is 9.32 Å². The van der Waals surface area contributed by atoms with Crippen LogP contribution in [-0.4, -0.2) is 28.1 Å². The summed E-state index contributed by atoms with van der Waals surface area (Å²) in [6.45, 7) is 3.86.